The molecule has 0 saturated carbocycles. The number of rotatable bonds is 11. The predicted molar refractivity (Wildman–Crippen MR) is 112 cm³/mol. The fraction of sp³-hybridized carbons (Fsp3) is 0.611. The van der Waals surface area contributed by atoms with Gasteiger partial charge in [-0.25, -0.2) is 9.38 Å². The standard InChI is InChI=1S/C18H30FN3O2.HI/c1-4-20-18(21-12-6-7-13-23-5-2)22-14-15(3)24-17-10-8-16(19)9-11-17;/h8-11,15H,4-7,12-14H2,1-3H3,(H2,20,21,22);1H. The minimum absolute atomic E-state index is 0. The van der Waals surface area contributed by atoms with Crippen LogP contribution in [0.3, 0.4) is 0 Å². The molecule has 0 amide bonds. The van der Waals surface area contributed by atoms with Crippen molar-refractivity contribution < 1.29 is 13.9 Å². The van der Waals surface area contributed by atoms with Gasteiger partial charge in [0.2, 0.25) is 0 Å². The molecular formula is C18H31FIN3O2. The third-order valence-electron chi connectivity index (χ3n) is 3.21. The monoisotopic (exact) mass is 467 g/mol. The average Bonchev–Trinajstić information content (AvgIpc) is 2.57. The first-order valence-electron chi connectivity index (χ1n) is 8.67. The van der Waals surface area contributed by atoms with E-state index in [-0.39, 0.29) is 35.9 Å². The number of guanidine groups is 1. The molecule has 0 heterocycles. The Bertz CT molecular complexity index is 472. The van der Waals surface area contributed by atoms with Gasteiger partial charge < -0.3 is 20.1 Å². The molecule has 0 radical (unpaired) electrons. The zero-order valence-electron chi connectivity index (χ0n) is 15.4. The van der Waals surface area contributed by atoms with Crippen molar-refractivity contribution in [2.45, 2.75) is 39.7 Å². The minimum atomic E-state index is -0.268. The second-order valence-electron chi connectivity index (χ2n) is 5.43. The van der Waals surface area contributed by atoms with Gasteiger partial charge in [0.15, 0.2) is 5.96 Å². The van der Waals surface area contributed by atoms with E-state index < -0.39 is 0 Å². The van der Waals surface area contributed by atoms with E-state index >= 15 is 0 Å². The smallest absolute Gasteiger partial charge is 0.191 e. The lowest BCUT2D eigenvalue weighted by molar-refractivity contribution is 0.143. The molecule has 2 N–H and O–H groups in total. The van der Waals surface area contributed by atoms with Gasteiger partial charge in [-0.05, 0) is 57.9 Å². The summed E-state index contributed by atoms with van der Waals surface area (Å²) in [6, 6.07) is 6.02. The Hall–Kier alpha value is -1.09. The highest BCUT2D eigenvalue weighted by Crippen LogP contribution is 2.12. The number of hydrogen-bond acceptors (Lipinski definition) is 3. The molecule has 5 nitrogen and oxygen atoms in total. The summed E-state index contributed by atoms with van der Waals surface area (Å²) in [7, 11) is 0. The van der Waals surface area contributed by atoms with Crippen LogP contribution in [0.25, 0.3) is 0 Å². The molecule has 1 aromatic carbocycles. The second kappa shape index (κ2) is 15.2. The SMILES string of the molecule is CCNC(=NCC(C)Oc1ccc(F)cc1)NCCCCOCC.I. The van der Waals surface area contributed by atoms with E-state index in [4.69, 9.17) is 9.47 Å². The van der Waals surface area contributed by atoms with Crippen molar-refractivity contribution in [3.63, 3.8) is 0 Å². The van der Waals surface area contributed by atoms with Gasteiger partial charge >= 0.3 is 0 Å². The highest BCUT2D eigenvalue weighted by Gasteiger charge is 2.05. The number of nitrogens with zero attached hydrogens (tertiary/aromatic N) is 1. The summed E-state index contributed by atoms with van der Waals surface area (Å²) < 4.78 is 23.9. The predicted octanol–water partition coefficient (Wildman–Crippen LogP) is 3.58. The normalized spacial score (nSPS) is 12.2. The lowest BCUT2D eigenvalue weighted by Gasteiger charge is -2.15. The quantitative estimate of drug-likeness (QED) is 0.226. The molecule has 1 rings (SSSR count). The molecule has 1 atom stereocenters. The maximum Gasteiger partial charge on any atom is 0.191 e. The average molecular weight is 467 g/mol. The Morgan fingerprint density at radius 2 is 1.88 bits per heavy atom. The first kappa shape index (κ1) is 23.9. The molecule has 7 heteroatoms. The second-order valence-corrected chi connectivity index (χ2v) is 5.43. The molecular weight excluding hydrogens is 436 g/mol. The summed E-state index contributed by atoms with van der Waals surface area (Å²) in [5.74, 6) is 1.16. The number of nitrogens with one attached hydrogen (secondary N) is 2. The summed E-state index contributed by atoms with van der Waals surface area (Å²) in [6.07, 6.45) is 1.97. The van der Waals surface area contributed by atoms with Gasteiger partial charge in [0, 0.05) is 26.3 Å². The molecule has 25 heavy (non-hydrogen) atoms. The molecule has 144 valence electrons. The lowest BCUT2D eigenvalue weighted by Crippen LogP contribution is -2.38. The Labute approximate surface area is 167 Å². The number of unbranched alkanes of at least 4 members (excludes halogenated alkanes) is 1. The Kier molecular flexibility index (Phi) is 14.5. The van der Waals surface area contributed by atoms with Crippen molar-refractivity contribution >= 4 is 29.9 Å². The van der Waals surface area contributed by atoms with Gasteiger partial charge in [-0.15, -0.1) is 24.0 Å². The fourth-order valence-corrected chi connectivity index (χ4v) is 2.02. The molecule has 0 aromatic heterocycles. The maximum absolute atomic E-state index is 12.9. The lowest BCUT2D eigenvalue weighted by atomic mass is 10.3. The van der Waals surface area contributed by atoms with Crippen molar-refractivity contribution in [1.29, 1.82) is 0 Å². The van der Waals surface area contributed by atoms with Crippen LogP contribution in [0.2, 0.25) is 0 Å². The van der Waals surface area contributed by atoms with Crippen molar-refractivity contribution in [2.24, 2.45) is 4.99 Å². The van der Waals surface area contributed by atoms with E-state index in [2.05, 4.69) is 15.6 Å². The van der Waals surface area contributed by atoms with Crippen LogP contribution in [0.5, 0.6) is 5.75 Å². The van der Waals surface area contributed by atoms with E-state index in [0.717, 1.165) is 45.1 Å². The van der Waals surface area contributed by atoms with E-state index in [1.165, 1.54) is 12.1 Å². The summed E-state index contributed by atoms with van der Waals surface area (Å²) in [5, 5.41) is 6.52. The van der Waals surface area contributed by atoms with Crippen LogP contribution in [0.4, 0.5) is 4.39 Å². The molecule has 0 spiro atoms. The topological polar surface area (TPSA) is 54.9 Å². The van der Waals surface area contributed by atoms with Crippen LogP contribution in [0, 0.1) is 5.82 Å². The highest BCUT2D eigenvalue weighted by atomic mass is 127. The molecule has 1 unspecified atom stereocenters. The number of halogens is 2. The number of hydrogen-bond donors (Lipinski definition) is 2. The van der Waals surface area contributed by atoms with Gasteiger partial charge in [-0.3, -0.25) is 0 Å². The van der Waals surface area contributed by atoms with Crippen LogP contribution in [-0.4, -0.2) is 44.9 Å². The van der Waals surface area contributed by atoms with Crippen LogP contribution in [-0.2, 0) is 4.74 Å². The maximum atomic E-state index is 12.9. The number of benzene rings is 1. The van der Waals surface area contributed by atoms with Crippen LogP contribution < -0.4 is 15.4 Å². The van der Waals surface area contributed by atoms with Crippen molar-refractivity contribution in [3.8, 4) is 5.75 Å². The van der Waals surface area contributed by atoms with Crippen LogP contribution in [0.15, 0.2) is 29.3 Å². The largest absolute Gasteiger partial charge is 0.489 e. The summed E-state index contributed by atoms with van der Waals surface area (Å²) in [4.78, 5) is 4.53. The summed E-state index contributed by atoms with van der Waals surface area (Å²) in [5.41, 5.74) is 0. The molecule has 1 aromatic rings. The van der Waals surface area contributed by atoms with E-state index in [0.29, 0.717) is 12.3 Å². The molecule has 0 aliphatic carbocycles. The van der Waals surface area contributed by atoms with Crippen molar-refractivity contribution in [3.05, 3.63) is 30.1 Å². The zero-order valence-corrected chi connectivity index (χ0v) is 17.7. The number of aliphatic imine (C=N–C) groups is 1. The zero-order chi connectivity index (χ0) is 17.6. The van der Waals surface area contributed by atoms with Gasteiger partial charge in [0.1, 0.15) is 17.7 Å². The minimum Gasteiger partial charge on any atom is -0.489 e. The Morgan fingerprint density at radius 1 is 1.16 bits per heavy atom. The fourth-order valence-electron chi connectivity index (χ4n) is 2.02. The molecule has 0 saturated heterocycles. The third-order valence-corrected chi connectivity index (χ3v) is 3.21. The van der Waals surface area contributed by atoms with E-state index in [1.54, 1.807) is 12.1 Å². The van der Waals surface area contributed by atoms with Crippen LogP contribution >= 0.6 is 24.0 Å². The first-order valence-corrected chi connectivity index (χ1v) is 8.67. The summed E-state index contributed by atoms with van der Waals surface area (Å²) >= 11 is 0. The molecule has 0 aliphatic heterocycles. The van der Waals surface area contributed by atoms with Crippen molar-refractivity contribution in [2.75, 3.05) is 32.8 Å². The van der Waals surface area contributed by atoms with E-state index in [1.807, 2.05) is 20.8 Å². The van der Waals surface area contributed by atoms with E-state index in [9.17, 15) is 4.39 Å². The first-order chi connectivity index (χ1) is 11.7. The highest BCUT2D eigenvalue weighted by molar-refractivity contribution is 14.0. The third kappa shape index (κ3) is 12.0. The van der Waals surface area contributed by atoms with Gasteiger partial charge in [-0.2, -0.15) is 0 Å². The van der Waals surface area contributed by atoms with Gasteiger partial charge in [-0.1, -0.05) is 0 Å². The number of ether oxygens (including phenoxy) is 2. The van der Waals surface area contributed by atoms with Gasteiger partial charge in [0.05, 0.1) is 6.54 Å². The molecule has 0 aliphatic rings. The Balaban J connectivity index is 0.00000576. The van der Waals surface area contributed by atoms with Crippen molar-refractivity contribution in [1.82, 2.24) is 10.6 Å². The Morgan fingerprint density at radius 3 is 2.52 bits per heavy atom. The molecule has 0 bridgehead atoms. The molecule has 0 fully saturated rings. The van der Waals surface area contributed by atoms with Gasteiger partial charge in [0.25, 0.3) is 0 Å². The van der Waals surface area contributed by atoms with Crippen LogP contribution in [0.1, 0.15) is 33.6 Å². The summed E-state index contributed by atoms with van der Waals surface area (Å²) in [6.45, 7) is 9.72.